The SMILES string of the molecule is CCN1CCOC(C(NN)c2cc(C)c(C)cc2C)C1. The highest BCUT2D eigenvalue weighted by molar-refractivity contribution is 5.38. The van der Waals surface area contributed by atoms with E-state index in [1.807, 2.05) is 0 Å². The van der Waals surface area contributed by atoms with Crippen LogP contribution < -0.4 is 11.3 Å². The summed E-state index contributed by atoms with van der Waals surface area (Å²) in [7, 11) is 0. The van der Waals surface area contributed by atoms with Crippen LogP contribution in [-0.2, 0) is 4.74 Å². The molecule has 1 heterocycles. The Labute approximate surface area is 122 Å². The maximum atomic E-state index is 5.96. The van der Waals surface area contributed by atoms with Gasteiger partial charge < -0.3 is 4.74 Å². The largest absolute Gasteiger partial charge is 0.374 e. The minimum absolute atomic E-state index is 0.0450. The van der Waals surface area contributed by atoms with Crippen LogP contribution in [0.4, 0.5) is 0 Å². The molecule has 0 aliphatic carbocycles. The summed E-state index contributed by atoms with van der Waals surface area (Å²) in [5.74, 6) is 5.83. The van der Waals surface area contributed by atoms with Gasteiger partial charge in [-0.1, -0.05) is 19.1 Å². The van der Waals surface area contributed by atoms with Crippen molar-refractivity contribution in [2.45, 2.75) is 39.8 Å². The van der Waals surface area contributed by atoms with Gasteiger partial charge >= 0.3 is 0 Å². The van der Waals surface area contributed by atoms with Gasteiger partial charge in [0.15, 0.2) is 0 Å². The number of hydrazine groups is 1. The van der Waals surface area contributed by atoms with E-state index in [0.29, 0.717) is 0 Å². The second-order valence-electron chi connectivity index (χ2n) is 5.74. The molecule has 0 bridgehead atoms. The molecule has 112 valence electrons. The predicted molar refractivity (Wildman–Crippen MR) is 82.6 cm³/mol. The summed E-state index contributed by atoms with van der Waals surface area (Å²) in [4.78, 5) is 2.41. The molecular formula is C16H27N3O. The normalized spacial score (nSPS) is 21.9. The van der Waals surface area contributed by atoms with Gasteiger partial charge in [0.05, 0.1) is 18.8 Å². The van der Waals surface area contributed by atoms with Crippen molar-refractivity contribution < 1.29 is 4.74 Å². The maximum absolute atomic E-state index is 5.96. The monoisotopic (exact) mass is 277 g/mol. The number of hydrogen-bond acceptors (Lipinski definition) is 4. The Morgan fingerprint density at radius 3 is 2.65 bits per heavy atom. The molecular weight excluding hydrogens is 250 g/mol. The number of aryl methyl sites for hydroxylation is 3. The van der Waals surface area contributed by atoms with Crippen LogP contribution in [0, 0.1) is 20.8 Å². The summed E-state index contributed by atoms with van der Waals surface area (Å²) in [6.45, 7) is 12.4. The lowest BCUT2D eigenvalue weighted by Gasteiger charge is -2.37. The zero-order valence-corrected chi connectivity index (χ0v) is 13.1. The molecule has 2 rings (SSSR count). The van der Waals surface area contributed by atoms with Crippen LogP contribution in [0.1, 0.15) is 35.2 Å². The van der Waals surface area contributed by atoms with E-state index in [-0.39, 0.29) is 12.1 Å². The zero-order valence-electron chi connectivity index (χ0n) is 13.1. The van der Waals surface area contributed by atoms with Gasteiger partial charge in [-0.3, -0.25) is 16.2 Å². The quantitative estimate of drug-likeness (QED) is 0.651. The molecule has 1 saturated heterocycles. The third-order valence-electron chi connectivity index (χ3n) is 4.39. The van der Waals surface area contributed by atoms with Crippen molar-refractivity contribution >= 4 is 0 Å². The summed E-state index contributed by atoms with van der Waals surface area (Å²) in [5, 5.41) is 0. The molecule has 1 fully saturated rings. The fourth-order valence-electron chi connectivity index (χ4n) is 2.94. The van der Waals surface area contributed by atoms with Crippen molar-refractivity contribution in [2.75, 3.05) is 26.2 Å². The van der Waals surface area contributed by atoms with Crippen LogP contribution in [0.3, 0.4) is 0 Å². The molecule has 0 radical (unpaired) electrons. The summed E-state index contributed by atoms with van der Waals surface area (Å²) in [6.07, 6.45) is 0.106. The van der Waals surface area contributed by atoms with Crippen molar-refractivity contribution in [3.63, 3.8) is 0 Å². The molecule has 2 atom stereocenters. The molecule has 4 heteroatoms. The number of rotatable bonds is 4. The van der Waals surface area contributed by atoms with Crippen molar-refractivity contribution in [3.8, 4) is 0 Å². The Balaban J connectivity index is 2.25. The Morgan fingerprint density at radius 2 is 2.00 bits per heavy atom. The van der Waals surface area contributed by atoms with Crippen molar-refractivity contribution in [1.29, 1.82) is 0 Å². The Hall–Kier alpha value is -0.940. The summed E-state index contributed by atoms with van der Waals surface area (Å²) >= 11 is 0. The average Bonchev–Trinajstić information content (AvgIpc) is 2.45. The molecule has 1 aliphatic rings. The number of benzene rings is 1. The molecule has 0 aromatic heterocycles. The summed E-state index contributed by atoms with van der Waals surface area (Å²) in [6, 6.07) is 4.52. The molecule has 0 saturated carbocycles. The molecule has 1 aliphatic heterocycles. The van der Waals surface area contributed by atoms with Gasteiger partial charge in [0.1, 0.15) is 0 Å². The van der Waals surface area contributed by atoms with Crippen LogP contribution in [0.25, 0.3) is 0 Å². The summed E-state index contributed by atoms with van der Waals surface area (Å²) < 4.78 is 5.96. The number of nitrogens with one attached hydrogen (secondary N) is 1. The smallest absolute Gasteiger partial charge is 0.0909 e. The van der Waals surface area contributed by atoms with E-state index in [1.54, 1.807) is 0 Å². The molecule has 20 heavy (non-hydrogen) atoms. The van der Waals surface area contributed by atoms with Gasteiger partial charge in [-0.25, -0.2) is 0 Å². The van der Waals surface area contributed by atoms with E-state index in [0.717, 1.165) is 26.2 Å². The van der Waals surface area contributed by atoms with E-state index < -0.39 is 0 Å². The Bertz CT molecular complexity index is 461. The maximum Gasteiger partial charge on any atom is 0.0909 e. The summed E-state index contributed by atoms with van der Waals surface area (Å²) in [5.41, 5.74) is 8.11. The number of morpholine rings is 1. The first-order valence-electron chi connectivity index (χ1n) is 7.44. The van der Waals surface area contributed by atoms with Crippen molar-refractivity contribution in [3.05, 3.63) is 34.4 Å². The Morgan fingerprint density at radius 1 is 1.30 bits per heavy atom. The topological polar surface area (TPSA) is 50.5 Å². The number of nitrogens with zero attached hydrogens (tertiary/aromatic N) is 1. The minimum atomic E-state index is 0.0450. The van der Waals surface area contributed by atoms with Crippen LogP contribution in [0.5, 0.6) is 0 Å². The van der Waals surface area contributed by atoms with E-state index in [1.165, 1.54) is 22.3 Å². The first-order chi connectivity index (χ1) is 9.56. The van der Waals surface area contributed by atoms with Gasteiger partial charge in [-0.15, -0.1) is 0 Å². The fraction of sp³-hybridized carbons (Fsp3) is 0.625. The van der Waals surface area contributed by atoms with Crippen LogP contribution in [0.15, 0.2) is 12.1 Å². The molecule has 1 aromatic carbocycles. The molecule has 0 spiro atoms. The zero-order chi connectivity index (χ0) is 14.7. The van der Waals surface area contributed by atoms with E-state index in [9.17, 15) is 0 Å². The van der Waals surface area contributed by atoms with Crippen LogP contribution in [-0.4, -0.2) is 37.2 Å². The minimum Gasteiger partial charge on any atom is -0.374 e. The molecule has 2 unspecified atom stereocenters. The second-order valence-corrected chi connectivity index (χ2v) is 5.74. The average molecular weight is 277 g/mol. The number of hydrogen-bond donors (Lipinski definition) is 2. The molecule has 1 aromatic rings. The van der Waals surface area contributed by atoms with Gasteiger partial charge in [-0.2, -0.15) is 0 Å². The lowest BCUT2D eigenvalue weighted by Crippen LogP contribution is -2.49. The van der Waals surface area contributed by atoms with Crippen LogP contribution in [0.2, 0.25) is 0 Å². The van der Waals surface area contributed by atoms with Gasteiger partial charge in [0.25, 0.3) is 0 Å². The van der Waals surface area contributed by atoms with Crippen LogP contribution >= 0.6 is 0 Å². The van der Waals surface area contributed by atoms with Gasteiger partial charge in [-0.05, 0) is 49.6 Å². The van der Waals surface area contributed by atoms with Crippen molar-refractivity contribution in [2.24, 2.45) is 5.84 Å². The van der Waals surface area contributed by atoms with Crippen molar-refractivity contribution in [1.82, 2.24) is 10.3 Å². The molecule has 3 N–H and O–H groups in total. The molecule has 0 amide bonds. The highest BCUT2D eigenvalue weighted by Crippen LogP contribution is 2.26. The van der Waals surface area contributed by atoms with Gasteiger partial charge in [0.2, 0.25) is 0 Å². The molecule has 4 nitrogen and oxygen atoms in total. The lowest BCUT2D eigenvalue weighted by atomic mass is 9.92. The van der Waals surface area contributed by atoms with E-state index in [2.05, 4.69) is 50.2 Å². The standard InChI is InChI=1S/C16H27N3O/c1-5-19-6-7-20-15(10-19)16(18-17)14-9-12(3)11(2)8-13(14)4/h8-9,15-16,18H,5-7,10,17H2,1-4H3. The van der Waals surface area contributed by atoms with E-state index in [4.69, 9.17) is 10.6 Å². The third kappa shape index (κ3) is 3.20. The number of nitrogens with two attached hydrogens (primary N) is 1. The Kier molecular flexibility index (Phi) is 5.16. The third-order valence-corrected chi connectivity index (χ3v) is 4.39. The fourth-order valence-corrected chi connectivity index (χ4v) is 2.94. The predicted octanol–water partition coefficient (Wildman–Crippen LogP) is 1.84. The van der Waals surface area contributed by atoms with E-state index >= 15 is 0 Å². The number of ether oxygens (including phenoxy) is 1. The first-order valence-corrected chi connectivity index (χ1v) is 7.44. The number of likely N-dealkylation sites (N-methyl/N-ethyl adjacent to an activating group) is 1. The first kappa shape index (κ1) is 15.4. The van der Waals surface area contributed by atoms with Gasteiger partial charge in [0, 0.05) is 13.1 Å². The highest BCUT2D eigenvalue weighted by atomic mass is 16.5. The lowest BCUT2D eigenvalue weighted by molar-refractivity contribution is -0.0457. The second kappa shape index (κ2) is 6.68. The highest BCUT2D eigenvalue weighted by Gasteiger charge is 2.29.